The van der Waals surface area contributed by atoms with Crippen molar-refractivity contribution in [2.24, 2.45) is 0 Å². The fraction of sp³-hybridized carbons (Fsp3) is 0.360. The first-order chi connectivity index (χ1) is 16.5. The first-order valence-electron chi connectivity index (χ1n) is 11.1. The van der Waals surface area contributed by atoms with Gasteiger partial charge in [-0.1, -0.05) is 25.5 Å². The summed E-state index contributed by atoms with van der Waals surface area (Å²) in [4.78, 5) is 41.9. The molecule has 9 heteroatoms. The van der Waals surface area contributed by atoms with Gasteiger partial charge in [0.15, 0.2) is 6.61 Å². The van der Waals surface area contributed by atoms with E-state index in [1.807, 2.05) is 24.3 Å². The average Bonchev–Trinajstić information content (AvgIpc) is 2.85. The Kier molecular flexibility index (Phi) is 8.61. The average molecular weight is 468 g/mol. The third-order valence-electron chi connectivity index (χ3n) is 5.27. The summed E-state index contributed by atoms with van der Waals surface area (Å²) in [5.41, 5.74) is 1.97. The predicted molar refractivity (Wildman–Crippen MR) is 128 cm³/mol. The van der Waals surface area contributed by atoms with E-state index < -0.39 is 18.5 Å². The van der Waals surface area contributed by atoms with Gasteiger partial charge in [-0.2, -0.15) is 0 Å². The third-order valence-corrected chi connectivity index (χ3v) is 5.27. The van der Waals surface area contributed by atoms with Crippen LogP contribution in [0, 0.1) is 0 Å². The number of nitrogens with zero attached hydrogens (tertiary/aromatic N) is 2. The monoisotopic (exact) mass is 467 g/mol. The Bertz CT molecular complexity index is 1220. The Hall–Kier alpha value is -3.88. The number of esters is 1. The number of benzene rings is 2. The molecule has 0 radical (unpaired) electrons. The molecule has 1 heterocycles. The topological polar surface area (TPSA) is 109 Å². The molecule has 0 saturated heterocycles. The first-order valence-corrected chi connectivity index (χ1v) is 11.1. The Labute approximate surface area is 197 Å². The van der Waals surface area contributed by atoms with Gasteiger partial charge < -0.3 is 24.1 Å². The van der Waals surface area contributed by atoms with Gasteiger partial charge in [-0.15, -0.1) is 0 Å². The van der Waals surface area contributed by atoms with E-state index in [1.165, 1.54) is 14.2 Å². The van der Waals surface area contributed by atoms with Crippen LogP contribution in [0.2, 0.25) is 0 Å². The molecule has 2 aromatic carbocycles. The molecule has 0 saturated carbocycles. The van der Waals surface area contributed by atoms with Crippen LogP contribution < -0.4 is 20.3 Å². The first kappa shape index (κ1) is 24.8. The van der Waals surface area contributed by atoms with Gasteiger partial charge >= 0.3 is 5.97 Å². The molecular weight excluding hydrogens is 438 g/mol. The van der Waals surface area contributed by atoms with Crippen LogP contribution in [-0.2, 0) is 27.3 Å². The number of carbonyl (C=O) groups is 2. The molecule has 0 atom stereocenters. The molecule has 3 rings (SSSR count). The van der Waals surface area contributed by atoms with Crippen molar-refractivity contribution < 1.29 is 23.8 Å². The number of unbranched alkanes of at least 4 members (excludes halogenated alkanes) is 1. The Morgan fingerprint density at radius 3 is 2.62 bits per heavy atom. The van der Waals surface area contributed by atoms with E-state index in [1.54, 1.807) is 22.8 Å². The molecule has 0 aliphatic heterocycles. The Balaban J connectivity index is 1.61. The number of hydrogen-bond acceptors (Lipinski definition) is 7. The highest BCUT2D eigenvalue weighted by Crippen LogP contribution is 2.28. The minimum Gasteiger partial charge on any atom is -0.497 e. The largest absolute Gasteiger partial charge is 0.497 e. The SMILES string of the molecule is CCCCn1c(=O)c(CCC(=O)OCC(=O)Nc2cc(OC)ccc2OC)nc2ccccc21. The molecule has 0 aliphatic carbocycles. The zero-order valence-electron chi connectivity index (χ0n) is 19.6. The summed E-state index contributed by atoms with van der Waals surface area (Å²) in [6.45, 7) is 2.18. The van der Waals surface area contributed by atoms with Crippen molar-refractivity contribution in [3.63, 3.8) is 0 Å². The molecule has 1 aromatic heterocycles. The summed E-state index contributed by atoms with van der Waals surface area (Å²) >= 11 is 0. The number of ether oxygens (including phenoxy) is 3. The smallest absolute Gasteiger partial charge is 0.306 e. The van der Waals surface area contributed by atoms with Crippen LogP contribution in [0.5, 0.6) is 11.5 Å². The maximum atomic E-state index is 12.9. The lowest BCUT2D eigenvalue weighted by Gasteiger charge is -2.12. The number of anilines is 1. The number of nitrogens with one attached hydrogen (secondary N) is 1. The van der Waals surface area contributed by atoms with Crippen molar-refractivity contribution >= 4 is 28.6 Å². The van der Waals surface area contributed by atoms with E-state index in [9.17, 15) is 14.4 Å². The highest BCUT2D eigenvalue weighted by molar-refractivity contribution is 5.94. The summed E-state index contributed by atoms with van der Waals surface area (Å²) in [5, 5.41) is 2.63. The van der Waals surface area contributed by atoms with Crippen molar-refractivity contribution in [3.05, 3.63) is 58.5 Å². The van der Waals surface area contributed by atoms with Crippen LogP contribution in [0.25, 0.3) is 11.0 Å². The van der Waals surface area contributed by atoms with Gasteiger partial charge in [0, 0.05) is 19.0 Å². The highest BCUT2D eigenvalue weighted by atomic mass is 16.5. The van der Waals surface area contributed by atoms with Crippen molar-refractivity contribution in [2.45, 2.75) is 39.2 Å². The zero-order valence-corrected chi connectivity index (χ0v) is 19.6. The number of aryl methyl sites for hydroxylation is 2. The zero-order chi connectivity index (χ0) is 24.5. The normalized spacial score (nSPS) is 10.7. The molecule has 3 aromatic rings. The summed E-state index contributed by atoms with van der Waals surface area (Å²) in [6, 6.07) is 12.4. The van der Waals surface area contributed by atoms with E-state index in [4.69, 9.17) is 14.2 Å². The van der Waals surface area contributed by atoms with Gasteiger partial charge in [0.05, 0.1) is 37.4 Å². The maximum Gasteiger partial charge on any atom is 0.306 e. The summed E-state index contributed by atoms with van der Waals surface area (Å²) < 4.78 is 17.2. The highest BCUT2D eigenvalue weighted by Gasteiger charge is 2.15. The molecule has 34 heavy (non-hydrogen) atoms. The summed E-state index contributed by atoms with van der Waals surface area (Å²) in [7, 11) is 2.99. The van der Waals surface area contributed by atoms with E-state index in [-0.39, 0.29) is 18.4 Å². The second kappa shape index (κ2) is 11.8. The molecule has 0 fully saturated rings. The molecule has 9 nitrogen and oxygen atoms in total. The molecule has 0 bridgehead atoms. The minimum atomic E-state index is -0.595. The van der Waals surface area contributed by atoms with Gasteiger partial charge in [-0.05, 0) is 30.7 Å². The molecule has 0 spiro atoms. The van der Waals surface area contributed by atoms with Crippen LogP contribution in [-0.4, -0.2) is 42.3 Å². The number of methoxy groups -OCH3 is 2. The van der Waals surface area contributed by atoms with Crippen LogP contribution in [0.15, 0.2) is 47.3 Å². The van der Waals surface area contributed by atoms with Crippen molar-refractivity contribution in [1.29, 1.82) is 0 Å². The lowest BCUT2D eigenvalue weighted by Crippen LogP contribution is -2.27. The fourth-order valence-corrected chi connectivity index (χ4v) is 3.48. The van der Waals surface area contributed by atoms with Crippen LogP contribution in [0.1, 0.15) is 31.9 Å². The number of aromatic nitrogens is 2. The number of rotatable bonds is 11. The quantitative estimate of drug-likeness (QED) is 0.431. The number of carbonyl (C=O) groups excluding carboxylic acids is 2. The molecule has 0 unspecified atom stereocenters. The lowest BCUT2D eigenvalue weighted by atomic mass is 10.2. The maximum absolute atomic E-state index is 12.9. The third kappa shape index (κ3) is 6.12. The number of amides is 1. The van der Waals surface area contributed by atoms with E-state index in [0.717, 1.165) is 18.4 Å². The van der Waals surface area contributed by atoms with Crippen molar-refractivity contribution in [3.8, 4) is 11.5 Å². The van der Waals surface area contributed by atoms with Crippen LogP contribution in [0.4, 0.5) is 5.69 Å². The van der Waals surface area contributed by atoms with E-state index in [0.29, 0.717) is 34.9 Å². The van der Waals surface area contributed by atoms with E-state index >= 15 is 0 Å². The molecule has 0 aliphatic rings. The molecule has 180 valence electrons. The molecule has 1 amide bonds. The minimum absolute atomic E-state index is 0.0654. The number of fused-ring (bicyclic) bond motifs is 1. The van der Waals surface area contributed by atoms with Gasteiger partial charge in [-0.3, -0.25) is 14.4 Å². The van der Waals surface area contributed by atoms with Crippen LogP contribution in [0.3, 0.4) is 0 Å². The van der Waals surface area contributed by atoms with Crippen molar-refractivity contribution in [2.75, 3.05) is 26.1 Å². The lowest BCUT2D eigenvalue weighted by molar-refractivity contribution is -0.147. The molecular formula is C25H29N3O6. The number of para-hydroxylation sites is 2. The van der Waals surface area contributed by atoms with Gasteiger partial charge in [-0.25, -0.2) is 4.98 Å². The fourth-order valence-electron chi connectivity index (χ4n) is 3.48. The van der Waals surface area contributed by atoms with E-state index in [2.05, 4.69) is 17.2 Å². The van der Waals surface area contributed by atoms with Crippen LogP contribution >= 0.6 is 0 Å². The standard InChI is InChI=1S/C25H29N3O6/c1-4-5-14-28-21-9-7-6-8-18(21)26-19(25(28)31)11-13-24(30)34-16-23(29)27-20-15-17(32-2)10-12-22(20)33-3/h6-10,12,15H,4-5,11,13-14,16H2,1-3H3,(H,27,29). The van der Waals surface area contributed by atoms with Crippen molar-refractivity contribution in [1.82, 2.24) is 9.55 Å². The summed E-state index contributed by atoms with van der Waals surface area (Å²) in [5.74, 6) is -0.129. The van der Waals surface area contributed by atoms with Gasteiger partial charge in [0.1, 0.15) is 17.2 Å². The van der Waals surface area contributed by atoms with Gasteiger partial charge in [0.2, 0.25) is 0 Å². The Morgan fingerprint density at radius 1 is 1.09 bits per heavy atom. The number of hydrogen-bond donors (Lipinski definition) is 1. The Morgan fingerprint density at radius 2 is 1.88 bits per heavy atom. The second-order valence-corrected chi connectivity index (χ2v) is 7.63. The van der Waals surface area contributed by atoms with Gasteiger partial charge in [0.25, 0.3) is 11.5 Å². The second-order valence-electron chi connectivity index (χ2n) is 7.63. The summed E-state index contributed by atoms with van der Waals surface area (Å²) in [6.07, 6.45) is 1.88. The predicted octanol–water partition coefficient (Wildman–Crippen LogP) is 3.33. The molecule has 1 N–H and O–H groups in total.